The van der Waals surface area contributed by atoms with Gasteiger partial charge in [0, 0.05) is 24.7 Å². The van der Waals surface area contributed by atoms with Crippen LogP contribution >= 0.6 is 0 Å². The zero-order valence-electron chi connectivity index (χ0n) is 16.4. The lowest BCUT2D eigenvalue weighted by atomic mass is 9.94. The molecule has 1 aliphatic heterocycles. The molecule has 1 saturated heterocycles. The maximum atomic E-state index is 13.7. The van der Waals surface area contributed by atoms with Crippen LogP contribution in [0.25, 0.3) is 0 Å². The van der Waals surface area contributed by atoms with E-state index < -0.39 is 27.6 Å². The number of rotatable bonds is 5. The summed E-state index contributed by atoms with van der Waals surface area (Å²) in [5, 5.41) is 9.33. The fourth-order valence-corrected chi connectivity index (χ4v) is 5.04. The van der Waals surface area contributed by atoms with E-state index in [1.165, 1.54) is 34.6 Å². The second kappa shape index (κ2) is 8.56. The molecule has 0 radical (unpaired) electrons. The molecular weight excluding hydrogens is 426 g/mol. The number of carbonyl (C=O) groups is 1. The van der Waals surface area contributed by atoms with Crippen molar-refractivity contribution in [3.05, 3.63) is 77.6 Å². The highest BCUT2D eigenvalue weighted by atomic mass is 32.2. The second-order valence-electron chi connectivity index (χ2n) is 7.27. The first-order valence-electron chi connectivity index (χ1n) is 9.71. The zero-order chi connectivity index (χ0) is 22.0. The molecule has 0 atom stereocenters. The fourth-order valence-electron chi connectivity index (χ4n) is 3.57. The van der Waals surface area contributed by atoms with Crippen LogP contribution in [0, 0.1) is 11.6 Å². The standard InChI is InChI=1S/C21H20F2N4O3S/c22-15-5-7-16(8-6-15)31(29,30)27-11-9-14(10-12-27)19-13-20(26-25-19)21(28)24-18-4-2-1-3-17(18)23/h1-8,13-14H,9-12H2,(H,24,28)(H,25,26). The van der Waals surface area contributed by atoms with E-state index in [1.807, 2.05) is 0 Å². The average Bonchev–Trinajstić information content (AvgIpc) is 3.26. The third kappa shape index (κ3) is 4.49. The van der Waals surface area contributed by atoms with Gasteiger partial charge in [0.15, 0.2) is 5.69 Å². The summed E-state index contributed by atoms with van der Waals surface area (Å²) in [6.07, 6.45) is 1.08. The fraction of sp³-hybridized carbons (Fsp3) is 0.238. The minimum absolute atomic E-state index is 0.00202. The van der Waals surface area contributed by atoms with E-state index in [2.05, 4.69) is 15.5 Å². The quantitative estimate of drug-likeness (QED) is 0.627. The first-order valence-corrected chi connectivity index (χ1v) is 11.2. The third-order valence-electron chi connectivity index (χ3n) is 5.30. The van der Waals surface area contributed by atoms with Crippen LogP contribution in [-0.2, 0) is 10.0 Å². The Balaban J connectivity index is 1.39. The maximum Gasteiger partial charge on any atom is 0.276 e. The predicted molar refractivity (Wildman–Crippen MR) is 110 cm³/mol. The van der Waals surface area contributed by atoms with Gasteiger partial charge in [-0.1, -0.05) is 12.1 Å². The molecule has 1 amide bonds. The van der Waals surface area contributed by atoms with E-state index in [0.29, 0.717) is 25.9 Å². The van der Waals surface area contributed by atoms with E-state index in [0.717, 1.165) is 17.8 Å². The van der Waals surface area contributed by atoms with Gasteiger partial charge in [0.2, 0.25) is 10.0 Å². The lowest BCUT2D eigenvalue weighted by molar-refractivity contribution is 0.102. The van der Waals surface area contributed by atoms with Gasteiger partial charge in [0.05, 0.1) is 10.6 Å². The molecule has 0 unspecified atom stereocenters. The molecule has 1 fully saturated rings. The number of nitrogens with zero attached hydrogens (tertiary/aromatic N) is 2. The number of anilines is 1. The Kier molecular flexibility index (Phi) is 5.84. The van der Waals surface area contributed by atoms with Crippen molar-refractivity contribution in [1.29, 1.82) is 0 Å². The van der Waals surface area contributed by atoms with Gasteiger partial charge in [-0.2, -0.15) is 9.40 Å². The van der Waals surface area contributed by atoms with Crippen molar-refractivity contribution in [3.8, 4) is 0 Å². The summed E-state index contributed by atoms with van der Waals surface area (Å²) in [5.41, 5.74) is 0.911. The highest BCUT2D eigenvalue weighted by Crippen LogP contribution is 2.30. The van der Waals surface area contributed by atoms with Crippen molar-refractivity contribution >= 4 is 21.6 Å². The molecule has 0 bridgehead atoms. The van der Waals surface area contributed by atoms with Gasteiger partial charge in [0.25, 0.3) is 5.91 Å². The molecule has 7 nitrogen and oxygen atoms in total. The maximum absolute atomic E-state index is 13.7. The number of halogens is 2. The zero-order valence-corrected chi connectivity index (χ0v) is 17.2. The van der Waals surface area contributed by atoms with E-state index in [4.69, 9.17) is 0 Å². The Hall–Kier alpha value is -3.11. The summed E-state index contributed by atoms with van der Waals surface area (Å²) in [6.45, 7) is 0.584. The number of carbonyl (C=O) groups excluding carboxylic acids is 1. The molecule has 1 aliphatic rings. The van der Waals surface area contributed by atoms with Gasteiger partial charge >= 0.3 is 0 Å². The normalized spacial score (nSPS) is 15.7. The van der Waals surface area contributed by atoms with Crippen molar-refractivity contribution in [2.24, 2.45) is 0 Å². The van der Waals surface area contributed by atoms with Crippen LogP contribution in [0.1, 0.15) is 34.9 Å². The van der Waals surface area contributed by atoms with Gasteiger partial charge in [-0.3, -0.25) is 9.89 Å². The van der Waals surface area contributed by atoms with E-state index >= 15 is 0 Å². The van der Waals surface area contributed by atoms with Gasteiger partial charge in [-0.05, 0) is 55.3 Å². The molecule has 2 heterocycles. The Bertz CT molecular complexity index is 1190. The molecule has 4 rings (SSSR count). The molecule has 0 aliphatic carbocycles. The van der Waals surface area contributed by atoms with Gasteiger partial charge in [-0.15, -0.1) is 0 Å². The summed E-state index contributed by atoms with van der Waals surface area (Å²) in [5.74, 6) is -1.57. The molecule has 0 saturated carbocycles. The number of H-pyrrole nitrogens is 1. The largest absolute Gasteiger partial charge is 0.318 e. The lowest BCUT2D eigenvalue weighted by Crippen LogP contribution is -2.37. The molecule has 3 aromatic rings. The minimum atomic E-state index is -3.69. The summed E-state index contributed by atoms with van der Waals surface area (Å²) in [4.78, 5) is 12.4. The van der Waals surface area contributed by atoms with Crippen LogP contribution in [0.3, 0.4) is 0 Å². The number of aromatic amines is 1. The van der Waals surface area contributed by atoms with Crippen LogP contribution in [0.2, 0.25) is 0 Å². The van der Waals surface area contributed by atoms with Gasteiger partial charge in [0.1, 0.15) is 11.6 Å². The molecule has 2 N–H and O–H groups in total. The van der Waals surface area contributed by atoms with Gasteiger partial charge in [-0.25, -0.2) is 17.2 Å². The van der Waals surface area contributed by atoms with Crippen molar-refractivity contribution in [3.63, 3.8) is 0 Å². The molecule has 162 valence electrons. The summed E-state index contributed by atoms with van der Waals surface area (Å²) >= 11 is 0. The number of hydrogen-bond donors (Lipinski definition) is 2. The molecule has 0 spiro atoms. The van der Waals surface area contributed by atoms with Crippen LogP contribution in [0.15, 0.2) is 59.5 Å². The number of hydrogen-bond acceptors (Lipinski definition) is 4. The van der Waals surface area contributed by atoms with Crippen LogP contribution < -0.4 is 5.32 Å². The second-order valence-corrected chi connectivity index (χ2v) is 9.21. The number of aromatic nitrogens is 2. The minimum Gasteiger partial charge on any atom is -0.318 e. The topological polar surface area (TPSA) is 95.2 Å². The average molecular weight is 446 g/mol. The Labute approximate surface area is 178 Å². The molecule has 10 heteroatoms. The van der Waals surface area contributed by atoms with Crippen LogP contribution in [0.5, 0.6) is 0 Å². The SMILES string of the molecule is O=C(Nc1ccccc1F)c1cc(C2CCN(S(=O)(=O)c3ccc(F)cc3)CC2)[nH]n1. The summed E-state index contributed by atoms with van der Waals surface area (Å²) < 4.78 is 53.7. The first kappa shape index (κ1) is 21.1. The van der Waals surface area contributed by atoms with E-state index in [-0.39, 0.29) is 22.2 Å². The Morgan fingerprint density at radius 2 is 1.74 bits per heavy atom. The highest BCUT2D eigenvalue weighted by molar-refractivity contribution is 7.89. The molecule has 1 aromatic heterocycles. The number of sulfonamides is 1. The molecule has 2 aromatic carbocycles. The van der Waals surface area contributed by atoms with E-state index in [1.54, 1.807) is 12.1 Å². The Morgan fingerprint density at radius 3 is 2.42 bits per heavy atom. The van der Waals surface area contributed by atoms with Crippen molar-refractivity contribution in [2.75, 3.05) is 18.4 Å². The monoisotopic (exact) mass is 446 g/mol. The Morgan fingerprint density at radius 1 is 1.06 bits per heavy atom. The third-order valence-corrected chi connectivity index (χ3v) is 7.21. The number of piperidine rings is 1. The number of nitrogens with one attached hydrogen (secondary N) is 2. The smallest absolute Gasteiger partial charge is 0.276 e. The molecule has 31 heavy (non-hydrogen) atoms. The van der Waals surface area contributed by atoms with Crippen molar-refractivity contribution in [1.82, 2.24) is 14.5 Å². The highest BCUT2D eigenvalue weighted by Gasteiger charge is 2.31. The van der Waals surface area contributed by atoms with Crippen LogP contribution in [-0.4, -0.2) is 41.9 Å². The predicted octanol–water partition coefficient (Wildman–Crippen LogP) is 3.51. The van der Waals surface area contributed by atoms with Gasteiger partial charge < -0.3 is 5.32 Å². The number of amides is 1. The number of para-hydroxylation sites is 1. The summed E-state index contributed by atoms with van der Waals surface area (Å²) in [6, 6.07) is 12.2. The van der Waals surface area contributed by atoms with Crippen molar-refractivity contribution in [2.45, 2.75) is 23.7 Å². The number of benzene rings is 2. The molecular formula is C21H20F2N4O3S. The van der Waals surface area contributed by atoms with E-state index in [9.17, 15) is 22.0 Å². The summed E-state index contributed by atoms with van der Waals surface area (Å²) in [7, 11) is -3.69. The van der Waals surface area contributed by atoms with Crippen molar-refractivity contribution < 1.29 is 22.0 Å². The lowest BCUT2D eigenvalue weighted by Gasteiger charge is -2.30. The van der Waals surface area contributed by atoms with Crippen LogP contribution in [0.4, 0.5) is 14.5 Å². The first-order chi connectivity index (χ1) is 14.8.